The molecule has 1 aromatic carbocycles. The molecule has 0 aromatic heterocycles. The van der Waals surface area contributed by atoms with Gasteiger partial charge in [-0.05, 0) is 31.2 Å². The largest absolute Gasteiger partial charge is 0.399 e. The van der Waals surface area contributed by atoms with E-state index in [-0.39, 0.29) is 12.4 Å². The van der Waals surface area contributed by atoms with Crippen LogP contribution in [-0.2, 0) is 10.0 Å². The molecule has 0 atom stereocenters. The Bertz CT molecular complexity index is 448. The van der Waals surface area contributed by atoms with Gasteiger partial charge in [-0.1, -0.05) is 0 Å². The summed E-state index contributed by atoms with van der Waals surface area (Å²) in [4.78, 5) is 2.08. The first-order valence-electron chi connectivity index (χ1n) is 5.47. The number of hydrogen-bond acceptors (Lipinski definition) is 4. The van der Waals surface area contributed by atoms with Crippen LogP contribution >= 0.6 is 12.4 Å². The van der Waals surface area contributed by atoms with E-state index in [4.69, 9.17) is 5.73 Å². The van der Waals surface area contributed by atoms with E-state index >= 15 is 0 Å². The molecule has 0 heterocycles. The fourth-order valence-corrected chi connectivity index (χ4v) is 1.98. The second kappa shape index (κ2) is 7.45. The van der Waals surface area contributed by atoms with E-state index in [0.717, 1.165) is 24.2 Å². The van der Waals surface area contributed by atoms with Gasteiger partial charge in [-0.2, -0.15) is 0 Å². The van der Waals surface area contributed by atoms with Crippen molar-refractivity contribution in [3.63, 3.8) is 0 Å². The summed E-state index contributed by atoms with van der Waals surface area (Å²) in [7, 11) is -3.11. The summed E-state index contributed by atoms with van der Waals surface area (Å²) in [5.41, 5.74) is 7.38. The number of likely N-dealkylation sites (N-methyl/N-ethyl adjacent to an activating group) is 1. The highest BCUT2D eigenvalue weighted by molar-refractivity contribution is 7.88. The van der Waals surface area contributed by atoms with Gasteiger partial charge in [0.05, 0.1) is 6.26 Å². The zero-order chi connectivity index (χ0) is 12.9. The van der Waals surface area contributed by atoms with E-state index in [0.29, 0.717) is 13.1 Å². The lowest BCUT2D eigenvalue weighted by Gasteiger charge is -2.23. The lowest BCUT2D eigenvalue weighted by molar-refractivity contribution is 0.587. The Morgan fingerprint density at radius 2 is 1.83 bits per heavy atom. The van der Waals surface area contributed by atoms with E-state index in [1.54, 1.807) is 0 Å². The highest BCUT2D eigenvalue weighted by Gasteiger charge is 2.05. The zero-order valence-electron chi connectivity index (χ0n) is 10.6. The Kier molecular flexibility index (Phi) is 7.05. The second-order valence-corrected chi connectivity index (χ2v) is 5.67. The number of benzene rings is 1. The molecule has 0 bridgehead atoms. The Balaban J connectivity index is 0.00000289. The average molecular weight is 294 g/mol. The van der Waals surface area contributed by atoms with Crippen molar-refractivity contribution in [1.29, 1.82) is 0 Å². The van der Waals surface area contributed by atoms with Crippen LogP contribution in [0.3, 0.4) is 0 Å². The average Bonchev–Trinajstić information content (AvgIpc) is 2.24. The third-order valence-corrected chi connectivity index (χ3v) is 3.11. The van der Waals surface area contributed by atoms with Gasteiger partial charge in [-0.25, -0.2) is 13.1 Å². The van der Waals surface area contributed by atoms with Crippen molar-refractivity contribution < 1.29 is 8.42 Å². The van der Waals surface area contributed by atoms with E-state index in [1.807, 2.05) is 31.2 Å². The molecule has 1 rings (SSSR count). The minimum atomic E-state index is -3.11. The monoisotopic (exact) mass is 293 g/mol. The van der Waals surface area contributed by atoms with Gasteiger partial charge in [-0.3, -0.25) is 0 Å². The minimum absolute atomic E-state index is 0. The molecule has 0 spiro atoms. The summed E-state index contributed by atoms with van der Waals surface area (Å²) in [6.07, 6.45) is 1.16. The molecule has 0 aliphatic rings. The van der Waals surface area contributed by atoms with Crippen LogP contribution < -0.4 is 15.4 Å². The maximum absolute atomic E-state index is 10.9. The minimum Gasteiger partial charge on any atom is -0.399 e. The Hall–Kier alpha value is -0.980. The van der Waals surface area contributed by atoms with Crippen LogP contribution in [0, 0.1) is 0 Å². The molecule has 7 heteroatoms. The zero-order valence-corrected chi connectivity index (χ0v) is 12.2. The first-order chi connectivity index (χ1) is 7.92. The van der Waals surface area contributed by atoms with Crippen molar-refractivity contribution in [3.05, 3.63) is 24.3 Å². The van der Waals surface area contributed by atoms with Crippen LogP contribution in [-0.4, -0.2) is 34.3 Å². The Morgan fingerprint density at radius 1 is 1.28 bits per heavy atom. The molecule has 3 N–H and O–H groups in total. The number of nitrogens with one attached hydrogen (secondary N) is 1. The summed E-state index contributed by atoms with van der Waals surface area (Å²) in [5, 5.41) is 0. The predicted molar refractivity (Wildman–Crippen MR) is 78.8 cm³/mol. The van der Waals surface area contributed by atoms with Crippen LogP contribution in [0.15, 0.2) is 24.3 Å². The number of sulfonamides is 1. The highest BCUT2D eigenvalue weighted by atomic mass is 35.5. The number of nitrogen functional groups attached to an aromatic ring is 1. The summed E-state index contributed by atoms with van der Waals surface area (Å²) >= 11 is 0. The van der Waals surface area contributed by atoms with Gasteiger partial charge in [-0.15, -0.1) is 12.4 Å². The molecule has 0 saturated carbocycles. The van der Waals surface area contributed by atoms with Crippen LogP contribution in [0.25, 0.3) is 0 Å². The van der Waals surface area contributed by atoms with Gasteiger partial charge in [0.2, 0.25) is 10.0 Å². The lowest BCUT2D eigenvalue weighted by Crippen LogP contribution is -2.34. The van der Waals surface area contributed by atoms with Crippen molar-refractivity contribution in [2.75, 3.05) is 36.5 Å². The van der Waals surface area contributed by atoms with Crippen molar-refractivity contribution in [2.45, 2.75) is 6.92 Å². The fourth-order valence-electron chi connectivity index (χ4n) is 1.52. The number of halogens is 1. The molecule has 18 heavy (non-hydrogen) atoms. The molecule has 0 aliphatic heterocycles. The second-order valence-electron chi connectivity index (χ2n) is 3.84. The molecule has 104 valence electrons. The Labute approximate surface area is 115 Å². The van der Waals surface area contributed by atoms with Crippen LogP contribution in [0.2, 0.25) is 0 Å². The van der Waals surface area contributed by atoms with Gasteiger partial charge in [0, 0.05) is 31.0 Å². The van der Waals surface area contributed by atoms with Gasteiger partial charge in [0.1, 0.15) is 0 Å². The number of nitrogens with two attached hydrogens (primary N) is 1. The number of hydrogen-bond donors (Lipinski definition) is 2. The molecule has 0 radical (unpaired) electrons. The molecule has 0 unspecified atom stereocenters. The van der Waals surface area contributed by atoms with Gasteiger partial charge < -0.3 is 10.6 Å². The normalized spacial score (nSPS) is 10.8. The maximum atomic E-state index is 10.9. The number of rotatable bonds is 6. The van der Waals surface area contributed by atoms with Gasteiger partial charge >= 0.3 is 0 Å². The van der Waals surface area contributed by atoms with Crippen molar-refractivity contribution in [1.82, 2.24) is 4.72 Å². The number of nitrogens with zero attached hydrogens (tertiary/aromatic N) is 1. The van der Waals surface area contributed by atoms with E-state index in [1.165, 1.54) is 0 Å². The quantitative estimate of drug-likeness (QED) is 0.769. The summed E-state index contributed by atoms with van der Waals surface area (Å²) in [6.45, 7) is 3.87. The molecule has 5 nitrogen and oxygen atoms in total. The first-order valence-corrected chi connectivity index (χ1v) is 7.36. The fraction of sp³-hybridized carbons (Fsp3) is 0.455. The maximum Gasteiger partial charge on any atom is 0.208 e. The molecule has 0 saturated heterocycles. The molecular formula is C11H20ClN3O2S. The Morgan fingerprint density at radius 3 is 2.28 bits per heavy atom. The molecule has 0 aliphatic carbocycles. The van der Waals surface area contributed by atoms with Crippen LogP contribution in [0.1, 0.15) is 6.92 Å². The van der Waals surface area contributed by atoms with Gasteiger partial charge in [0.15, 0.2) is 0 Å². The van der Waals surface area contributed by atoms with E-state index < -0.39 is 10.0 Å². The molecule has 0 fully saturated rings. The molecule has 1 aromatic rings. The number of anilines is 2. The van der Waals surface area contributed by atoms with Gasteiger partial charge in [0.25, 0.3) is 0 Å². The molecular weight excluding hydrogens is 274 g/mol. The lowest BCUT2D eigenvalue weighted by atomic mass is 10.2. The summed E-state index contributed by atoms with van der Waals surface area (Å²) in [6, 6.07) is 7.53. The van der Waals surface area contributed by atoms with Crippen molar-refractivity contribution in [3.8, 4) is 0 Å². The SMILES string of the molecule is CCN(CCNS(C)(=O)=O)c1ccc(N)cc1.Cl. The standard InChI is InChI=1S/C11H19N3O2S.ClH/c1-3-14(9-8-13-17(2,15)16)11-6-4-10(12)5-7-11;/h4-7,13H,3,8-9,12H2,1-2H3;1H. The van der Waals surface area contributed by atoms with Crippen molar-refractivity contribution in [2.24, 2.45) is 0 Å². The third-order valence-electron chi connectivity index (χ3n) is 2.39. The third kappa shape index (κ3) is 6.09. The summed E-state index contributed by atoms with van der Waals surface area (Å²) in [5.74, 6) is 0. The first kappa shape index (κ1) is 17.0. The summed E-state index contributed by atoms with van der Waals surface area (Å²) < 4.78 is 24.3. The van der Waals surface area contributed by atoms with Crippen LogP contribution in [0.5, 0.6) is 0 Å². The van der Waals surface area contributed by atoms with E-state index in [9.17, 15) is 8.42 Å². The predicted octanol–water partition coefficient (Wildman–Crippen LogP) is 1.07. The van der Waals surface area contributed by atoms with Crippen molar-refractivity contribution >= 4 is 33.8 Å². The highest BCUT2D eigenvalue weighted by Crippen LogP contribution is 2.15. The van der Waals surface area contributed by atoms with Crippen LogP contribution in [0.4, 0.5) is 11.4 Å². The smallest absolute Gasteiger partial charge is 0.208 e. The van der Waals surface area contributed by atoms with E-state index in [2.05, 4.69) is 9.62 Å². The topological polar surface area (TPSA) is 75.4 Å². The molecule has 0 amide bonds.